The molecule has 0 bridgehead atoms. The van der Waals surface area contributed by atoms with E-state index in [1.54, 1.807) is 12.4 Å². The molecule has 1 aromatic heterocycles. The first-order valence-corrected chi connectivity index (χ1v) is 10.8. The number of hydrogen-bond donors (Lipinski definition) is 0. The van der Waals surface area contributed by atoms with Gasteiger partial charge in [0.2, 0.25) is 0 Å². The van der Waals surface area contributed by atoms with Crippen LogP contribution in [0, 0.1) is 12.8 Å². The van der Waals surface area contributed by atoms with E-state index in [4.69, 9.17) is 0 Å². The maximum Gasteiger partial charge on any atom is 0.274 e. The van der Waals surface area contributed by atoms with Crippen LogP contribution in [0.15, 0.2) is 12.4 Å². The highest BCUT2D eigenvalue weighted by Gasteiger charge is 2.28. The van der Waals surface area contributed by atoms with E-state index in [9.17, 15) is 13.2 Å². The molecule has 1 unspecified atom stereocenters. The van der Waals surface area contributed by atoms with Crippen LogP contribution in [0.5, 0.6) is 0 Å². The Balaban J connectivity index is 1.48. The highest BCUT2D eigenvalue weighted by Crippen LogP contribution is 2.22. The minimum atomic E-state index is -2.79. The molecule has 3 heterocycles. The molecule has 1 atom stereocenters. The second-order valence-electron chi connectivity index (χ2n) is 7.09. The molecule has 2 saturated heterocycles. The molecule has 8 heteroatoms. The van der Waals surface area contributed by atoms with E-state index in [1.807, 2.05) is 11.8 Å². The summed E-state index contributed by atoms with van der Waals surface area (Å²) in [5.41, 5.74) is 1.20. The van der Waals surface area contributed by atoms with Gasteiger partial charge in [0.05, 0.1) is 23.4 Å². The Morgan fingerprint density at radius 3 is 2.72 bits per heavy atom. The van der Waals surface area contributed by atoms with Crippen molar-refractivity contribution >= 4 is 15.7 Å². The third-order valence-corrected chi connectivity index (χ3v) is 6.89. The van der Waals surface area contributed by atoms with Crippen molar-refractivity contribution in [1.29, 1.82) is 0 Å². The van der Waals surface area contributed by atoms with Crippen LogP contribution >= 0.6 is 0 Å². The van der Waals surface area contributed by atoms with Gasteiger partial charge in [-0.05, 0) is 45.2 Å². The van der Waals surface area contributed by atoms with Crippen LogP contribution in [-0.2, 0) is 9.84 Å². The van der Waals surface area contributed by atoms with E-state index in [0.29, 0.717) is 29.7 Å². The van der Waals surface area contributed by atoms with E-state index >= 15 is 0 Å². The summed E-state index contributed by atoms with van der Waals surface area (Å²) in [5, 5.41) is 0. The number of nitrogens with zero attached hydrogens (tertiary/aromatic N) is 4. The Morgan fingerprint density at radius 2 is 2.04 bits per heavy atom. The summed E-state index contributed by atoms with van der Waals surface area (Å²) in [6, 6.07) is 0. The standard InChI is InChI=1S/C17H26N4O3S/c1-14-11-19-16(12-18-14)17(22)21-6-2-5-20(8-9-21)7-3-15-4-10-25(23,24)13-15/h11-12,15H,2-10,13H2,1H3. The van der Waals surface area contributed by atoms with E-state index in [-0.39, 0.29) is 5.91 Å². The third kappa shape index (κ3) is 4.98. The first kappa shape index (κ1) is 18.3. The van der Waals surface area contributed by atoms with Crippen LogP contribution in [-0.4, -0.2) is 78.3 Å². The lowest BCUT2D eigenvalue weighted by Gasteiger charge is -2.22. The molecule has 0 N–H and O–H groups in total. The Kier molecular flexibility index (Phi) is 5.68. The number of carbonyl (C=O) groups excluding carboxylic acids is 1. The molecule has 138 valence electrons. The lowest BCUT2D eigenvalue weighted by molar-refractivity contribution is 0.0754. The zero-order valence-corrected chi connectivity index (χ0v) is 15.5. The highest BCUT2D eigenvalue weighted by molar-refractivity contribution is 7.91. The fourth-order valence-electron chi connectivity index (χ4n) is 3.53. The second-order valence-corrected chi connectivity index (χ2v) is 9.32. The quantitative estimate of drug-likeness (QED) is 0.782. The maximum absolute atomic E-state index is 12.5. The van der Waals surface area contributed by atoms with Gasteiger partial charge in [0.1, 0.15) is 5.69 Å². The van der Waals surface area contributed by atoms with Crippen LogP contribution in [0.2, 0.25) is 0 Å². The van der Waals surface area contributed by atoms with Gasteiger partial charge in [0.15, 0.2) is 9.84 Å². The molecular formula is C17H26N4O3S. The van der Waals surface area contributed by atoms with Crippen LogP contribution in [0.25, 0.3) is 0 Å². The predicted octanol–water partition coefficient (Wildman–Crippen LogP) is 0.758. The zero-order valence-electron chi connectivity index (χ0n) is 14.7. The van der Waals surface area contributed by atoms with Gasteiger partial charge in [-0.1, -0.05) is 0 Å². The summed E-state index contributed by atoms with van der Waals surface area (Å²) in [4.78, 5) is 25.1. The van der Waals surface area contributed by atoms with Crippen molar-refractivity contribution in [2.75, 3.05) is 44.2 Å². The largest absolute Gasteiger partial charge is 0.336 e. The molecule has 2 aliphatic rings. The minimum absolute atomic E-state index is 0.0590. The van der Waals surface area contributed by atoms with Crippen LogP contribution in [0.4, 0.5) is 0 Å². The fraction of sp³-hybridized carbons (Fsp3) is 0.706. The summed E-state index contributed by atoms with van der Waals surface area (Å²) in [5.74, 6) is 0.930. The molecule has 3 rings (SSSR count). The lowest BCUT2D eigenvalue weighted by Crippen LogP contribution is -2.36. The Hall–Kier alpha value is -1.54. The van der Waals surface area contributed by atoms with Crippen LogP contribution in [0.1, 0.15) is 35.4 Å². The first-order chi connectivity index (χ1) is 11.9. The molecule has 1 amide bonds. The molecule has 25 heavy (non-hydrogen) atoms. The summed E-state index contributed by atoms with van der Waals surface area (Å²) < 4.78 is 23.1. The number of carbonyl (C=O) groups is 1. The Morgan fingerprint density at radius 1 is 1.20 bits per heavy atom. The van der Waals surface area contributed by atoms with Gasteiger partial charge in [-0.25, -0.2) is 13.4 Å². The summed E-state index contributed by atoms with van der Waals surface area (Å²) in [6.07, 6.45) is 5.81. The molecule has 0 aromatic carbocycles. The molecule has 2 fully saturated rings. The smallest absolute Gasteiger partial charge is 0.274 e. The average Bonchev–Trinajstić information content (AvgIpc) is 2.79. The predicted molar refractivity (Wildman–Crippen MR) is 95.1 cm³/mol. The van der Waals surface area contributed by atoms with Crippen molar-refractivity contribution in [2.24, 2.45) is 5.92 Å². The van der Waals surface area contributed by atoms with Gasteiger partial charge >= 0.3 is 0 Å². The van der Waals surface area contributed by atoms with Gasteiger partial charge < -0.3 is 9.80 Å². The number of amides is 1. The van der Waals surface area contributed by atoms with Crippen molar-refractivity contribution in [3.05, 3.63) is 23.8 Å². The Labute approximate surface area is 149 Å². The lowest BCUT2D eigenvalue weighted by atomic mass is 10.1. The topological polar surface area (TPSA) is 83.5 Å². The average molecular weight is 366 g/mol. The fourth-order valence-corrected chi connectivity index (χ4v) is 5.44. The molecular weight excluding hydrogens is 340 g/mol. The van der Waals surface area contributed by atoms with Crippen molar-refractivity contribution in [3.8, 4) is 0 Å². The van der Waals surface area contributed by atoms with Gasteiger partial charge in [0, 0.05) is 25.8 Å². The van der Waals surface area contributed by atoms with E-state index in [0.717, 1.165) is 51.1 Å². The number of sulfone groups is 1. The normalized spacial score (nSPS) is 24.2. The van der Waals surface area contributed by atoms with Gasteiger partial charge in [0.25, 0.3) is 5.91 Å². The van der Waals surface area contributed by atoms with Gasteiger partial charge in [-0.15, -0.1) is 0 Å². The Bertz CT molecular complexity index is 705. The molecule has 0 saturated carbocycles. The molecule has 2 aliphatic heterocycles. The summed E-state index contributed by atoms with van der Waals surface area (Å²) >= 11 is 0. The first-order valence-electron chi connectivity index (χ1n) is 8.94. The SMILES string of the molecule is Cc1cnc(C(=O)N2CCCN(CCC3CCS(=O)(=O)C3)CC2)cn1. The van der Waals surface area contributed by atoms with E-state index < -0.39 is 9.84 Å². The maximum atomic E-state index is 12.5. The molecule has 0 spiro atoms. The van der Waals surface area contributed by atoms with E-state index in [1.165, 1.54) is 0 Å². The van der Waals surface area contributed by atoms with Crippen molar-refractivity contribution in [3.63, 3.8) is 0 Å². The van der Waals surface area contributed by atoms with Crippen molar-refractivity contribution < 1.29 is 13.2 Å². The van der Waals surface area contributed by atoms with Crippen molar-refractivity contribution in [1.82, 2.24) is 19.8 Å². The number of aromatic nitrogens is 2. The zero-order chi connectivity index (χ0) is 17.9. The van der Waals surface area contributed by atoms with Crippen LogP contribution < -0.4 is 0 Å². The van der Waals surface area contributed by atoms with Gasteiger partial charge in [-0.3, -0.25) is 9.78 Å². The monoisotopic (exact) mass is 366 g/mol. The summed E-state index contributed by atoms with van der Waals surface area (Å²) in [6.45, 7) is 5.93. The van der Waals surface area contributed by atoms with Crippen LogP contribution in [0.3, 0.4) is 0 Å². The summed E-state index contributed by atoms with van der Waals surface area (Å²) in [7, 11) is -2.79. The molecule has 0 radical (unpaired) electrons. The second kappa shape index (κ2) is 7.78. The number of rotatable bonds is 4. The third-order valence-electron chi connectivity index (χ3n) is 5.06. The number of hydrogen-bond acceptors (Lipinski definition) is 6. The van der Waals surface area contributed by atoms with E-state index in [2.05, 4.69) is 14.9 Å². The molecule has 0 aliphatic carbocycles. The highest BCUT2D eigenvalue weighted by atomic mass is 32.2. The van der Waals surface area contributed by atoms with Crippen molar-refractivity contribution in [2.45, 2.75) is 26.2 Å². The molecule has 7 nitrogen and oxygen atoms in total. The van der Waals surface area contributed by atoms with Gasteiger partial charge in [-0.2, -0.15) is 0 Å². The molecule has 1 aromatic rings. The number of aryl methyl sites for hydroxylation is 1. The minimum Gasteiger partial charge on any atom is -0.336 e.